The van der Waals surface area contributed by atoms with Crippen LogP contribution in [0.15, 0.2) is 24.3 Å². The highest BCUT2D eigenvalue weighted by Crippen LogP contribution is 2.45. The molecule has 1 saturated carbocycles. The molecule has 2 N–H and O–H groups in total. The third-order valence-corrected chi connectivity index (χ3v) is 3.88. The quantitative estimate of drug-likeness (QED) is 0.840. The first kappa shape index (κ1) is 13.4. The van der Waals surface area contributed by atoms with Gasteiger partial charge in [0.05, 0.1) is 5.60 Å². The van der Waals surface area contributed by atoms with Gasteiger partial charge in [-0.3, -0.25) is 0 Å². The van der Waals surface area contributed by atoms with Crippen LogP contribution in [0.2, 0.25) is 0 Å². The van der Waals surface area contributed by atoms with E-state index in [1.165, 1.54) is 6.42 Å². The molecular weight excluding hydrogens is 224 g/mol. The third kappa shape index (κ3) is 3.26. The van der Waals surface area contributed by atoms with Crippen LogP contribution >= 0.6 is 0 Å². The van der Waals surface area contributed by atoms with E-state index in [9.17, 15) is 10.2 Å². The van der Waals surface area contributed by atoms with E-state index in [-0.39, 0.29) is 11.2 Å². The zero-order valence-corrected chi connectivity index (χ0v) is 11.6. The fraction of sp³-hybridized carbons (Fsp3) is 0.625. The van der Waals surface area contributed by atoms with Gasteiger partial charge < -0.3 is 10.2 Å². The normalized spacial score (nSPS) is 31.2. The lowest BCUT2D eigenvalue weighted by Gasteiger charge is -2.44. The van der Waals surface area contributed by atoms with Crippen LogP contribution in [0.1, 0.15) is 45.6 Å². The zero-order chi connectivity index (χ0) is 13.4. The van der Waals surface area contributed by atoms with Crippen LogP contribution in [0.25, 0.3) is 0 Å². The fourth-order valence-corrected chi connectivity index (χ4v) is 3.88. The molecule has 1 fully saturated rings. The molecular formula is C16H24O2. The van der Waals surface area contributed by atoms with E-state index in [0.717, 1.165) is 18.4 Å². The van der Waals surface area contributed by atoms with Crippen LogP contribution < -0.4 is 0 Å². The highest BCUT2D eigenvalue weighted by atomic mass is 16.3. The summed E-state index contributed by atoms with van der Waals surface area (Å²) in [4.78, 5) is 0. The fourth-order valence-electron chi connectivity index (χ4n) is 3.88. The average molecular weight is 248 g/mol. The Morgan fingerprint density at radius 2 is 2.00 bits per heavy atom. The first-order valence-electron chi connectivity index (χ1n) is 6.78. The Kier molecular flexibility index (Phi) is 3.41. The zero-order valence-electron chi connectivity index (χ0n) is 11.6. The number of aliphatic hydroxyl groups is 1. The Labute approximate surface area is 110 Å². The van der Waals surface area contributed by atoms with E-state index in [4.69, 9.17) is 0 Å². The van der Waals surface area contributed by atoms with Crippen molar-refractivity contribution in [3.63, 3.8) is 0 Å². The number of phenolic OH excluding ortho intramolecular Hbond substituents is 1. The van der Waals surface area contributed by atoms with Gasteiger partial charge in [-0.2, -0.15) is 0 Å². The van der Waals surface area contributed by atoms with Gasteiger partial charge in [0.25, 0.3) is 0 Å². The molecule has 0 spiro atoms. The summed E-state index contributed by atoms with van der Waals surface area (Å²) in [5.41, 5.74) is 0.584. The predicted octanol–water partition coefficient (Wildman–Crippen LogP) is 3.51. The molecule has 1 aromatic carbocycles. The SMILES string of the molecule is CC1CC(C)(C)CC(O)(Cc2cccc(O)c2)C1. The molecule has 0 bridgehead atoms. The molecule has 0 aromatic heterocycles. The standard InChI is InChI=1S/C16H24O2/c1-12-8-15(2,3)11-16(18,9-12)10-13-5-4-6-14(17)7-13/h4-7,12,17-18H,8-11H2,1-3H3. The lowest BCUT2D eigenvalue weighted by atomic mass is 9.64. The molecule has 18 heavy (non-hydrogen) atoms. The minimum atomic E-state index is -0.630. The van der Waals surface area contributed by atoms with Crippen molar-refractivity contribution in [2.45, 2.75) is 52.1 Å². The first-order chi connectivity index (χ1) is 8.28. The topological polar surface area (TPSA) is 40.5 Å². The number of hydrogen-bond acceptors (Lipinski definition) is 2. The molecule has 2 heteroatoms. The van der Waals surface area contributed by atoms with E-state index in [1.54, 1.807) is 12.1 Å². The van der Waals surface area contributed by atoms with Gasteiger partial charge in [-0.1, -0.05) is 32.9 Å². The van der Waals surface area contributed by atoms with Crippen molar-refractivity contribution in [1.82, 2.24) is 0 Å². The Bertz CT molecular complexity index is 425. The summed E-state index contributed by atoms with van der Waals surface area (Å²) in [6.45, 7) is 6.68. The van der Waals surface area contributed by atoms with E-state index in [0.29, 0.717) is 12.3 Å². The molecule has 1 aliphatic carbocycles. The van der Waals surface area contributed by atoms with Gasteiger partial charge >= 0.3 is 0 Å². The Morgan fingerprint density at radius 1 is 1.28 bits per heavy atom. The van der Waals surface area contributed by atoms with Crippen LogP contribution in [0.3, 0.4) is 0 Å². The third-order valence-electron chi connectivity index (χ3n) is 3.88. The summed E-state index contributed by atoms with van der Waals surface area (Å²) in [5.74, 6) is 0.829. The van der Waals surface area contributed by atoms with Crippen molar-refractivity contribution in [3.05, 3.63) is 29.8 Å². The minimum Gasteiger partial charge on any atom is -0.508 e. The second-order valence-corrected chi connectivity index (χ2v) is 6.93. The Hall–Kier alpha value is -1.02. The van der Waals surface area contributed by atoms with Crippen LogP contribution in [0, 0.1) is 11.3 Å². The van der Waals surface area contributed by atoms with Crippen molar-refractivity contribution in [3.8, 4) is 5.75 Å². The van der Waals surface area contributed by atoms with Crippen LogP contribution in [0.4, 0.5) is 0 Å². The number of phenols is 1. The smallest absolute Gasteiger partial charge is 0.115 e. The minimum absolute atomic E-state index is 0.198. The van der Waals surface area contributed by atoms with Crippen molar-refractivity contribution in [1.29, 1.82) is 0 Å². The van der Waals surface area contributed by atoms with Crippen molar-refractivity contribution < 1.29 is 10.2 Å². The molecule has 0 saturated heterocycles. The second kappa shape index (κ2) is 4.58. The number of hydrogen-bond donors (Lipinski definition) is 2. The summed E-state index contributed by atoms with van der Waals surface area (Å²) >= 11 is 0. The van der Waals surface area contributed by atoms with E-state index < -0.39 is 5.60 Å². The predicted molar refractivity (Wildman–Crippen MR) is 73.6 cm³/mol. The largest absolute Gasteiger partial charge is 0.508 e. The van der Waals surface area contributed by atoms with Crippen molar-refractivity contribution in [2.75, 3.05) is 0 Å². The maximum Gasteiger partial charge on any atom is 0.115 e. The molecule has 1 aromatic rings. The highest BCUT2D eigenvalue weighted by Gasteiger charge is 2.41. The summed E-state index contributed by atoms with van der Waals surface area (Å²) in [6, 6.07) is 7.24. The summed E-state index contributed by atoms with van der Waals surface area (Å²) in [6.07, 6.45) is 3.50. The van der Waals surface area contributed by atoms with Gasteiger partial charge in [-0.05, 0) is 48.3 Å². The second-order valence-electron chi connectivity index (χ2n) is 6.93. The van der Waals surface area contributed by atoms with E-state index in [1.807, 2.05) is 12.1 Å². The monoisotopic (exact) mass is 248 g/mol. The molecule has 2 rings (SSSR count). The van der Waals surface area contributed by atoms with Gasteiger partial charge in [0, 0.05) is 6.42 Å². The summed E-state index contributed by atoms with van der Waals surface area (Å²) in [7, 11) is 0. The van der Waals surface area contributed by atoms with Crippen molar-refractivity contribution >= 4 is 0 Å². The maximum absolute atomic E-state index is 10.8. The molecule has 0 aliphatic heterocycles. The Morgan fingerprint density at radius 3 is 2.61 bits per heavy atom. The molecule has 2 atom stereocenters. The van der Waals surface area contributed by atoms with Gasteiger partial charge in [0.15, 0.2) is 0 Å². The van der Waals surface area contributed by atoms with Crippen LogP contribution in [-0.2, 0) is 6.42 Å². The lowest BCUT2D eigenvalue weighted by Crippen LogP contribution is -2.43. The molecule has 2 nitrogen and oxygen atoms in total. The van der Waals surface area contributed by atoms with Gasteiger partial charge in [0.1, 0.15) is 5.75 Å². The maximum atomic E-state index is 10.8. The van der Waals surface area contributed by atoms with Crippen LogP contribution in [0.5, 0.6) is 5.75 Å². The van der Waals surface area contributed by atoms with Crippen LogP contribution in [-0.4, -0.2) is 15.8 Å². The molecule has 0 heterocycles. The lowest BCUT2D eigenvalue weighted by molar-refractivity contribution is -0.0574. The number of aromatic hydroxyl groups is 1. The van der Waals surface area contributed by atoms with Crippen molar-refractivity contribution in [2.24, 2.45) is 11.3 Å². The molecule has 0 amide bonds. The molecule has 2 unspecified atom stereocenters. The number of rotatable bonds is 2. The van der Waals surface area contributed by atoms with Gasteiger partial charge in [-0.15, -0.1) is 0 Å². The molecule has 1 aliphatic rings. The van der Waals surface area contributed by atoms with E-state index in [2.05, 4.69) is 20.8 Å². The highest BCUT2D eigenvalue weighted by molar-refractivity contribution is 5.28. The summed E-state index contributed by atoms with van der Waals surface area (Å²) in [5, 5.41) is 20.3. The Balaban J connectivity index is 2.16. The van der Waals surface area contributed by atoms with Gasteiger partial charge in [-0.25, -0.2) is 0 Å². The van der Waals surface area contributed by atoms with Gasteiger partial charge in [0.2, 0.25) is 0 Å². The molecule has 100 valence electrons. The summed E-state index contributed by atoms with van der Waals surface area (Å²) < 4.78 is 0. The van der Waals surface area contributed by atoms with E-state index >= 15 is 0 Å². The molecule has 0 radical (unpaired) electrons. The average Bonchev–Trinajstić information content (AvgIpc) is 2.11. The first-order valence-corrected chi connectivity index (χ1v) is 6.78. The number of benzene rings is 1.